The Morgan fingerprint density at radius 1 is 1.32 bits per heavy atom. The lowest BCUT2D eigenvalue weighted by molar-refractivity contribution is -0.151. The van der Waals surface area contributed by atoms with Gasteiger partial charge < -0.3 is 9.64 Å². The highest BCUT2D eigenvalue weighted by Gasteiger charge is 2.48. The molecule has 1 aromatic carbocycles. The van der Waals surface area contributed by atoms with Gasteiger partial charge in [0.05, 0.1) is 12.5 Å². The lowest BCUT2D eigenvalue weighted by atomic mass is 9.91. The second-order valence-corrected chi connectivity index (χ2v) is 6.92. The van der Waals surface area contributed by atoms with E-state index in [1.807, 2.05) is 0 Å². The van der Waals surface area contributed by atoms with Gasteiger partial charge in [0.2, 0.25) is 0 Å². The van der Waals surface area contributed by atoms with Crippen LogP contribution < -0.4 is 0 Å². The number of esters is 1. The number of carbonyl (C=O) groups is 3. The summed E-state index contributed by atoms with van der Waals surface area (Å²) in [5, 5.41) is 0.951. The minimum Gasteiger partial charge on any atom is -0.466 e. The van der Waals surface area contributed by atoms with Crippen molar-refractivity contribution in [1.29, 1.82) is 0 Å². The van der Waals surface area contributed by atoms with Crippen LogP contribution in [-0.2, 0) is 25.5 Å². The molecule has 2 aliphatic heterocycles. The van der Waals surface area contributed by atoms with E-state index in [1.54, 1.807) is 25.1 Å². The summed E-state index contributed by atoms with van der Waals surface area (Å²) in [5.74, 6) is -1.49. The Balaban J connectivity index is 1.84. The van der Waals surface area contributed by atoms with E-state index in [-0.39, 0.29) is 24.7 Å². The van der Waals surface area contributed by atoms with Crippen molar-refractivity contribution in [2.24, 2.45) is 5.92 Å². The van der Waals surface area contributed by atoms with E-state index >= 15 is 0 Å². The van der Waals surface area contributed by atoms with Crippen LogP contribution in [-0.4, -0.2) is 41.8 Å². The number of rotatable bonds is 4. The molecule has 2 heterocycles. The van der Waals surface area contributed by atoms with Gasteiger partial charge in [-0.3, -0.25) is 14.4 Å². The minimum absolute atomic E-state index is 0.234. The fourth-order valence-corrected chi connectivity index (χ4v) is 3.84. The van der Waals surface area contributed by atoms with Gasteiger partial charge in [-0.15, -0.1) is 0 Å². The van der Waals surface area contributed by atoms with Gasteiger partial charge >= 0.3 is 5.97 Å². The molecular weight excluding hydrogens is 365 g/mol. The van der Waals surface area contributed by atoms with Crippen molar-refractivity contribution >= 4 is 40.9 Å². The normalized spacial score (nSPS) is 22.7. The third-order valence-electron chi connectivity index (χ3n) is 4.53. The maximum Gasteiger partial charge on any atom is 0.311 e. The SMILES string of the molecule is CCOC(=O)C1CCN2C(=O)C(Cc3ccc(Cl)cc3Cl)=CC(=O)C12. The predicted octanol–water partition coefficient (Wildman–Crippen LogP) is 2.83. The van der Waals surface area contributed by atoms with Crippen molar-refractivity contribution in [2.45, 2.75) is 25.8 Å². The standard InChI is InChI=1S/C18H17Cl2NO4/c1-2-25-18(24)13-5-6-21-16(13)15(22)8-11(17(21)23)7-10-3-4-12(19)9-14(10)20/h3-4,8-9,13,16H,2,5-7H2,1H3. The first-order chi connectivity index (χ1) is 11.9. The van der Waals surface area contributed by atoms with Gasteiger partial charge in [-0.25, -0.2) is 0 Å². The molecule has 7 heteroatoms. The van der Waals surface area contributed by atoms with Crippen LogP contribution in [0.25, 0.3) is 0 Å². The Hall–Kier alpha value is -1.85. The summed E-state index contributed by atoms with van der Waals surface area (Å²) in [7, 11) is 0. The van der Waals surface area contributed by atoms with E-state index in [2.05, 4.69) is 0 Å². The zero-order valence-corrected chi connectivity index (χ0v) is 15.1. The van der Waals surface area contributed by atoms with Gasteiger partial charge in [-0.05, 0) is 37.1 Å². The molecule has 0 bridgehead atoms. The zero-order chi connectivity index (χ0) is 18.1. The maximum atomic E-state index is 12.7. The van der Waals surface area contributed by atoms with Crippen molar-refractivity contribution in [2.75, 3.05) is 13.2 Å². The van der Waals surface area contributed by atoms with Crippen LogP contribution in [0.5, 0.6) is 0 Å². The molecule has 0 saturated carbocycles. The van der Waals surface area contributed by atoms with Crippen molar-refractivity contribution in [3.8, 4) is 0 Å². The molecule has 2 unspecified atom stereocenters. The molecule has 0 aliphatic carbocycles. The first kappa shape index (κ1) is 18.0. The number of ketones is 1. The molecule has 25 heavy (non-hydrogen) atoms. The summed E-state index contributed by atoms with van der Waals surface area (Å²) in [6, 6.07) is 4.27. The Bertz CT molecular complexity index is 774. The van der Waals surface area contributed by atoms with E-state index in [4.69, 9.17) is 27.9 Å². The highest BCUT2D eigenvalue weighted by atomic mass is 35.5. The topological polar surface area (TPSA) is 63.7 Å². The molecule has 3 rings (SSSR count). The quantitative estimate of drug-likeness (QED) is 0.752. The third-order valence-corrected chi connectivity index (χ3v) is 5.11. The molecule has 5 nitrogen and oxygen atoms in total. The molecule has 1 fully saturated rings. The zero-order valence-electron chi connectivity index (χ0n) is 13.6. The van der Waals surface area contributed by atoms with Gasteiger partial charge in [0.1, 0.15) is 6.04 Å². The number of ether oxygens (including phenoxy) is 1. The highest BCUT2D eigenvalue weighted by Crippen LogP contribution is 2.33. The average molecular weight is 382 g/mol. The number of hydrogen-bond acceptors (Lipinski definition) is 4. The van der Waals surface area contributed by atoms with Crippen LogP contribution >= 0.6 is 23.2 Å². The first-order valence-electron chi connectivity index (χ1n) is 8.08. The summed E-state index contributed by atoms with van der Waals surface area (Å²) in [6.07, 6.45) is 2.02. The van der Waals surface area contributed by atoms with Gasteiger partial charge in [-0.1, -0.05) is 29.3 Å². The lowest BCUT2D eigenvalue weighted by Gasteiger charge is -2.30. The second-order valence-electron chi connectivity index (χ2n) is 6.08. The molecule has 0 N–H and O–H groups in total. The number of benzene rings is 1. The Morgan fingerprint density at radius 2 is 2.08 bits per heavy atom. The van der Waals surface area contributed by atoms with Crippen LogP contribution in [0.15, 0.2) is 29.8 Å². The Kier molecular flexibility index (Phi) is 5.16. The van der Waals surface area contributed by atoms with Crippen molar-refractivity contribution in [3.63, 3.8) is 0 Å². The Labute approximate surface area is 155 Å². The summed E-state index contributed by atoms with van der Waals surface area (Å²) < 4.78 is 5.03. The highest BCUT2D eigenvalue weighted by molar-refractivity contribution is 6.35. The molecule has 2 atom stereocenters. The van der Waals surface area contributed by atoms with E-state index in [9.17, 15) is 14.4 Å². The van der Waals surface area contributed by atoms with Gasteiger partial charge in [0, 0.05) is 28.6 Å². The fraction of sp³-hybridized carbons (Fsp3) is 0.389. The number of halogens is 2. The van der Waals surface area contributed by atoms with Crippen molar-refractivity contribution in [3.05, 3.63) is 45.5 Å². The maximum absolute atomic E-state index is 12.7. The molecule has 0 spiro atoms. The third kappa shape index (κ3) is 3.44. The lowest BCUT2D eigenvalue weighted by Crippen LogP contribution is -2.48. The Morgan fingerprint density at radius 3 is 2.76 bits per heavy atom. The monoisotopic (exact) mass is 381 g/mol. The van der Waals surface area contributed by atoms with Crippen molar-refractivity contribution < 1.29 is 19.1 Å². The summed E-state index contributed by atoms with van der Waals surface area (Å²) >= 11 is 12.0. The molecule has 2 aliphatic rings. The van der Waals surface area contributed by atoms with E-state index in [1.165, 1.54) is 11.0 Å². The van der Waals surface area contributed by atoms with Crippen LogP contribution in [0.2, 0.25) is 10.0 Å². The van der Waals surface area contributed by atoms with E-state index in [0.717, 1.165) is 5.56 Å². The van der Waals surface area contributed by atoms with Gasteiger partial charge in [0.15, 0.2) is 5.78 Å². The molecule has 1 saturated heterocycles. The van der Waals surface area contributed by atoms with Crippen molar-refractivity contribution in [1.82, 2.24) is 4.90 Å². The summed E-state index contributed by atoms with van der Waals surface area (Å²) in [6.45, 7) is 2.33. The summed E-state index contributed by atoms with van der Waals surface area (Å²) in [5.41, 5.74) is 1.09. The van der Waals surface area contributed by atoms with Crippen LogP contribution in [0, 0.1) is 5.92 Å². The number of fused-ring (bicyclic) bond motifs is 1. The van der Waals surface area contributed by atoms with Gasteiger partial charge in [-0.2, -0.15) is 0 Å². The van der Waals surface area contributed by atoms with Crippen LogP contribution in [0.3, 0.4) is 0 Å². The molecule has 0 aromatic heterocycles. The number of hydrogen-bond donors (Lipinski definition) is 0. The molecule has 1 aromatic rings. The smallest absolute Gasteiger partial charge is 0.311 e. The van der Waals surface area contributed by atoms with E-state index in [0.29, 0.717) is 28.6 Å². The largest absolute Gasteiger partial charge is 0.466 e. The number of carbonyl (C=O) groups excluding carboxylic acids is 3. The fourth-order valence-electron chi connectivity index (χ4n) is 3.37. The number of nitrogens with zero attached hydrogens (tertiary/aromatic N) is 1. The van der Waals surface area contributed by atoms with E-state index < -0.39 is 17.9 Å². The predicted molar refractivity (Wildman–Crippen MR) is 93.5 cm³/mol. The summed E-state index contributed by atoms with van der Waals surface area (Å²) in [4.78, 5) is 38.8. The molecular formula is C18H17Cl2NO4. The molecule has 0 radical (unpaired) electrons. The molecule has 132 valence electrons. The minimum atomic E-state index is -0.754. The van der Waals surface area contributed by atoms with Crippen LogP contribution in [0.4, 0.5) is 0 Å². The number of amides is 1. The molecule has 1 amide bonds. The second kappa shape index (κ2) is 7.18. The average Bonchev–Trinajstić information content (AvgIpc) is 3.01. The van der Waals surface area contributed by atoms with Gasteiger partial charge in [0.25, 0.3) is 5.91 Å². The van der Waals surface area contributed by atoms with Crippen LogP contribution in [0.1, 0.15) is 18.9 Å². The first-order valence-corrected chi connectivity index (χ1v) is 8.84.